The number of guanidine groups is 1. The van der Waals surface area contributed by atoms with Crippen LogP contribution in [-0.4, -0.2) is 77.3 Å². The lowest BCUT2D eigenvalue weighted by Gasteiger charge is -2.25. The second-order valence-corrected chi connectivity index (χ2v) is 8.78. The molecule has 0 bridgehead atoms. The maximum absolute atomic E-state index is 13.1. The van der Waals surface area contributed by atoms with Crippen molar-refractivity contribution in [1.82, 2.24) is 21.3 Å². The lowest BCUT2D eigenvalue weighted by molar-refractivity contribution is -0.142. The number of nitrogens with two attached hydrogens (primary N) is 4. The normalized spacial score (nSPS) is 13.9. The average Bonchev–Trinajstić information content (AvgIpc) is 2.79. The van der Waals surface area contributed by atoms with Crippen molar-refractivity contribution in [3.05, 3.63) is 0 Å². The molecule has 0 aromatic carbocycles. The van der Waals surface area contributed by atoms with Crippen molar-refractivity contribution in [2.45, 2.75) is 76.5 Å². The third-order valence-electron chi connectivity index (χ3n) is 5.25. The number of hydrogen-bond acceptors (Lipinski definition) is 8. The Kier molecular flexibility index (Phi) is 14.9. The molecule has 0 rings (SSSR count). The average molecular weight is 530 g/mol. The summed E-state index contributed by atoms with van der Waals surface area (Å²) in [7, 11) is 0. The Bertz CT molecular complexity index is 850. The molecule has 0 aromatic rings. The minimum absolute atomic E-state index is 0.0726. The number of rotatable bonds is 18. The van der Waals surface area contributed by atoms with Crippen LogP contribution < -0.4 is 44.2 Å². The number of carbonyl (C=O) groups excluding carboxylic acids is 5. The molecular weight excluding hydrogens is 490 g/mol. The topological polar surface area (TPSA) is 299 Å². The molecule has 0 aliphatic heterocycles. The van der Waals surface area contributed by atoms with E-state index in [2.05, 4.69) is 21.3 Å². The van der Waals surface area contributed by atoms with E-state index in [1.807, 2.05) is 0 Å². The number of aliphatic carboxylic acids is 1. The number of carboxylic acid groups (broad SMARTS) is 1. The van der Waals surface area contributed by atoms with Crippen LogP contribution in [0.15, 0.2) is 0 Å². The van der Waals surface area contributed by atoms with E-state index in [-0.39, 0.29) is 50.5 Å². The van der Waals surface area contributed by atoms with E-state index in [0.29, 0.717) is 6.42 Å². The highest BCUT2D eigenvalue weighted by atomic mass is 16.4. The molecule has 0 radical (unpaired) electrons. The van der Waals surface area contributed by atoms with Gasteiger partial charge >= 0.3 is 5.97 Å². The van der Waals surface area contributed by atoms with E-state index in [1.165, 1.54) is 0 Å². The predicted molar refractivity (Wildman–Crippen MR) is 132 cm³/mol. The third-order valence-corrected chi connectivity index (χ3v) is 5.25. The maximum Gasteiger partial charge on any atom is 0.326 e. The van der Waals surface area contributed by atoms with Crippen LogP contribution in [0.5, 0.6) is 0 Å². The van der Waals surface area contributed by atoms with Crippen molar-refractivity contribution in [3.8, 4) is 0 Å². The van der Waals surface area contributed by atoms with Crippen LogP contribution in [0.1, 0.15) is 52.4 Å². The van der Waals surface area contributed by atoms with Crippen LogP contribution in [-0.2, 0) is 28.8 Å². The predicted octanol–water partition coefficient (Wildman–Crippen LogP) is -3.70. The molecule has 0 aliphatic rings. The van der Waals surface area contributed by atoms with Crippen LogP contribution in [0.4, 0.5) is 0 Å². The smallest absolute Gasteiger partial charge is 0.326 e. The molecule has 0 unspecified atom stereocenters. The number of primary amides is 2. The van der Waals surface area contributed by atoms with Crippen LogP contribution in [0.25, 0.3) is 0 Å². The molecule has 37 heavy (non-hydrogen) atoms. The highest BCUT2D eigenvalue weighted by molar-refractivity contribution is 5.94. The van der Waals surface area contributed by atoms with Gasteiger partial charge in [-0.15, -0.1) is 0 Å². The SMILES string of the molecule is CC(C)[C@H](N)C(=O)N[C@@H](CCCNC(=N)N)C(=O)N[C@@H](CCC(N)=O)C(=O)N[C@@H](CCC(N)=O)C(=O)O. The molecule has 5 amide bonds. The van der Waals surface area contributed by atoms with Crippen LogP contribution in [0, 0.1) is 11.3 Å². The van der Waals surface area contributed by atoms with E-state index < -0.39 is 59.7 Å². The molecule has 0 aliphatic carbocycles. The summed E-state index contributed by atoms with van der Waals surface area (Å²) in [4.78, 5) is 72.2. The zero-order valence-corrected chi connectivity index (χ0v) is 21.0. The molecule has 0 spiro atoms. The molecule has 0 heterocycles. The van der Waals surface area contributed by atoms with Gasteiger partial charge in [0.15, 0.2) is 5.96 Å². The fraction of sp³-hybridized carbons (Fsp3) is 0.667. The zero-order chi connectivity index (χ0) is 28.7. The molecule has 0 saturated carbocycles. The summed E-state index contributed by atoms with van der Waals surface area (Å²) in [5.41, 5.74) is 21.3. The van der Waals surface area contributed by atoms with Crippen LogP contribution in [0.2, 0.25) is 0 Å². The number of amides is 5. The quantitative estimate of drug-likeness (QED) is 0.0470. The van der Waals surface area contributed by atoms with Gasteiger partial charge in [-0.1, -0.05) is 13.8 Å². The monoisotopic (exact) mass is 529 g/mol. The Balaban J connectivity index is 5.66. The molecular formula is C21H39N9O7. The number of carboxylic acids is 1. The standard InChI is InChI=1S/C21H39N9O7/c1-10(2)16(24)19(35)29-11(4-3-9-27-21(25)26)17(33)28-12(5-7-14(22)31)18(34)30-13(20(36)37)6-8-15(23)32/h10-13,16H,3-9,24H2,1-2H3,(H2,22,31)(H2,23,32)(H,28,33)(H,29,35)(H,30,34)(H,36,37)(H4,25,26,27)/t11-,12-,13-,16-/m0/s1. The van der Waals surface area contributed by atoms with Gasteiger partial charge in [0, 0.05) is 19.4 Å². The summed E-state index contributed by atoms with van der Waals surface area (Å²) in [6.07, 6.45) is -0.803. The minimum Gasteiger partial charge on any atom is -0.480 e. The van der Waals surface area contributed by atoms with Gasteiger partial charge in [-0.25, -0.2) is 4.79 Å². The first-order valence-corrected chi connectivity index (χ1v) is 11.7. The molecule has 14 N–H and O–H groups in total. The van der Waals surface area contributed by atoms with E-state index >= 15 is 0 Å². The largest absolute Gasteiger partial charge is 0.480 e. The second-order valence-electron chi connectivity index (χ2n) is 8.78. The number of carbonyl (C=O) groups is 6. The summed E-state index contributed by atoms with van der Waals surface area (Å²) >= 11 is 0. The van der Waals surface area contributed by atoms with E-state index in [9.17, 15) is 33.9 Å². The van der Waals surface area contributed by atoms with E-state index in [1.54, 1.807) is 13.8 Å². The van der Waals surface area contributed by atoms with Crippen LogP contribution >= 0.6 is 0 Å². The zero-order valence-electron chi connectivity index (χ0n) is 21.0. The van der Waals surface area contributed by atoms with Gasteiger partial charge in [-0.2, -0.15) is 0 Å². The molecule has 210 valence electrons. The first-order chi connectivity index (χ1) is 17.1. The Labute approximate surface area is 214 Å². The molecule has 0 fully saturated rings. The summed E-state index contributed by atoms with van der Waals surface area (Å²) < 4.78 is 0. The fourth-order valence-corrected chi connectivity index (χ4v) is 3.01. The Morgan fingerprint density at radius 2 is 1.19 bits per heavy atom. The first kappa shape index (κ1) is 33.0. The van der Waals surface area contributed by atoms with Gasteiger partial charge < -0.3 is 49.3 Å². The molecule has 4 atom stereocenters. The van der Waals surface area contributed by atoms with Gasteiger partial charge in [0.1, 0.15) is 18.1 Å². The van der Waals surface area contributed by atoms with E-state index in [4.69, 9.17) is 28.3 Å². The highest BCUT2D eigenvalue weighted by Gasteiger charge is 2.31. The Morgan fingerprint density at radius 3 is 1.62 bits per heavy atom. The molecule has 16 nitrogen and oxygen atoms in total. The van der Waals surface area contributed by atoms with Gasteiger partial charge in [-0.3, -0.25) is 29.4 Å². The first-order valence-electron chi connectivity index (χ1n) is 11.7. The molecule has 16 heteroatoms. The maximum atomic E-state index is 13.1. The fourth-order valence-electron chi connectivity index (χ4n) is 3.01. The second kappa shape index (κ2) is 16.7. The van der Waals surface area contributed by atoms with Crippen molar-refractivity contribution in [2.75, 3.05) is 6.54 Å². The Morgan fingerprint density at radius 1 is 0.757 bits per heavy atom. The number of nitrogens with one attached hydrogen (secondary N) is 5. The minimum atomic E-state index is -1.48. The van der Waals surface area contributed by atoms with Crippen molar-refractivity contribution in [3.63, 3.8) is 0 Å². The van der Waals surface area contributed by atoms with Gasteiger partial charge in [0.05, 0.1) is 6.04 Å². The van der Waals surface area contributed by atoms with Crippen molar-refractivity contribution in [1.29, 1.82) is 5.41 Å². The Hall–Kier alpha value is -3.95. The van der Waals surface area contributed by atoms with Crippen LogP contribution in [0.3, 0.4) is 0 Å². The molecule has 0 aromatic heterocycles. The van der Waals surface area contributed by atoms with Crippen molar-refractivity contribution >= 4 is 41.5 Å². The summed E-state index contributed by atoms with van der Waals surface area (Å²) in [5, 5.41) is 26.3. The summed E-state index contributed by atoms with van der Waals surface area (Å²) in [5.74, 6) is -5.81. The van der Waals surface area contributed by atoms with E-state index in [0.717, 1.165) is 0 Å². The lowest BCUT2D eigenvalue weighted by atomic mass is 10.0. The summed E-state index contributed by atoms with van der Waals surface area (Å²) in [6.45, 7) is 3.66. The number of hydrogen-bond donors (Lipinski definition) is 10. The van der Waals surface area contributed by atoms with Gasteiger partial charge in [0.2, 0.25) is 29.5 Å². The summed E-state index contributed by atoms with van der Waals surface area (Å²) in [6, 6.07) is -4.93. The lowest BCUT2D eigenvalue weighted by Crippen LogP contribution is -2.57. The van der Waals surface area contributed by atoms with Crippen molar-refractivity contribution < 1.29 is 33.9 Å². The molecule has 0 saturated heterocycles. The van der Waals surface area contributed by atoms with Gasteiger partial charge in [-0.05, 0) is 31.6 Å². The highest BCUT2D eigenvalue weighted by Crippen LogP contribution is 2.06. The third kappa shape index (κ3) is 14.3. The van der Waals surface area contributed by atoms with Crippen molar-refractivity contribution in [2.24, 2.45) is 28.9 Å². The van der Waals surface area contributed by atoms with Gasteiger partial charge in [0.25, 0.3) is 0 Å².